The number of hydrogen-bond donors (Lipinski definition) is 2. The number of nitro groups is 1. The second-order valence-corrected chi connectivity index (χ2v) is 13.5. The molecule has 2 aromatic rings. The number of hydrogen-bond acceptors (Lipinski definition) is 12. The summed E-state index contributed by atoms with van der Waals surface area (Å²) in [6.07, 6.45) is 4.16. The molecule has 1 aliphatic carbocycles. The Bertz CT molecular complexity index is 1300. The van der Waals surface area contributed by atoms with E-state index in [9.17, 15) is 29.3 Å². The molecule has 0 aliphatic heterocycles. The predicted molar refractivity (Wildman–Crippen MR) is 175 cm³/mol. The van der Waals surface area contributed by atoms with Crippen LogP contribution >= 0.6 is 21.6 Å². The average Bonchev–Trinajstić information content (AvgIpc) is 3.30. The van der Waals surface area contributed by atoms with Crippen molar-refractivity contribution in [2.75, 3.05) is 26.0 Å². The van der Waals surface area contributed by atoms with E-state index in [0.29, 0.717) is 12.4 Å². The smallest absolute Gasteiger partial charge is 0.395 e. The van der Waals surface area contributed by atoms with Gasteiger partial charge in [-0.05, 0) is 68.8 Å². The van der Waals surface area contributed by atoms with Gasteiger partial charge in [0.1, 0.15) is 11.5 Å². The number of nitrogens with zero attached hydrogens (tertiary/aromatic N) is 1. The minimum Gasteiger partial charge on any atom is -0.395 e. The zero-order valence-electron chi connectivity index (χ0n) is 25.7. The molecule has 0 spiro atoms. The molecule has 0 unspecified atom stereocenters. The second-order valence-electron chi connectivity index (χ2n) is 10.4. The van der Waals surface area contributed by atoms with Gasteiger partial charge in [-0.25, -0.2) is 4.79 Å². The van der Waals surface area contributed by atoms with Crippen molar-refractivity contribution in [3.63, 3.8) is 0 Å². The summed E-state index contributed by atoms with van der Waals surface area (Å²) in [5.74, 6) is 0.503. The number of unbranched alkanes of at least 4 members (excludes halogenated alkanes) is 1. The van der Waals surface area contributed by atoms with Crippen molar-refractivity contribution in [1.82, 2.24) is 10.6 Å². The van der Waals surface area contributed by atoms with E-state index >= 15 is 0 Å². The first kappa shape index (κ1) is 37.5. The van der Waals surface area contributed by atoms with Crippen molar-refractivity contribution >= 4 is 50.9 Å². The standard InChI is InChI=1S/C16H26N2O3S2.C15H13NO6/c1-4-5-8-17-9-10-22-23-16(2,3)11-14(21)18-15-12(19)6-7-13(15)20;1-20-10-11-2-6-13(7-3-11)21-15(17)22-14-8-4-12(5-9-14)16(18)19/h6-7,15,17H,4-5,8-11H2,1-3H3,(H,18,21);2-9H,10H2,1H3. The molecule has 2 aromatic carbocycles. The lowest BCUT2D eigenvalue weighted by Gasteiger charge is -2.23. The molecule has 0 atom stereocenters. The third-order valence-electron chi connectivity index (χ3n) is 5.91. The Balaban J connectivity index is 0.000000314. The highest BCUT2D eigenvalue weighted by atomic mass is 33.1. The molecule has 12 nitrogen and oxygen atoms in total. The quantitative estimate of drug-likeness (QED) is 0.0446. The van der Waals surface area contributed by atoms with E-state index < -0.39 is 17.1 Å². The van der Waals surface area contributed by atoms with Gasteiger partial charge in [-0.1, -0.05) is 47.1 Å². The number of methoxy groups -OCH3 is 1. The molecule has 0 heterocycles. The van der Waals surface area contributed by atoms with Gasteiger partial charge in [0.2, 0.25) is 5.91 Å². The summed E-state index contributed by atoms with van der Waals surface area (Å²) in [7, 11) is 4.98. The normalized spacial score (nSPS) is 12.8. The topological polar surface area (TPSA) is 163 Å². The molecular formula is C31H39N3O9S2. The van der Waals surface area contributed by atoms with Gasteiger partial charge in [0.05, 0.1) is 11.5 Å². The number of nitrogens with one attached hydrogen (secondary N) is 2. The molecule has 2 N–H and O–H groups in total. The fourth-order valence-corrected chi connectivity index (χ4v) is 6.13. The van der Waals surface area contributed by atoms with Crippen molar-refractivity contribution in [3.05, 3.63) is 76.4 Å². The summed E-state index contributed by atoms with van der Waals surface area (Å²) < 4.78 is 14.6. The summed E-state index contributed by atoms with van der Waals surface area (Å²) >= 11 is 0. The SMILES string of the molecule is CCCCNCCSSC(C)(C)CC(=O)NC1C(=O)C=CC1=O.COCc1ccc(OC(=O)Oc2ccc([N+](=O)[O-])cc2)cc1. The number of rotatable bonds is 16. The Labute approximate surface area is 270 Å². The average molecular weight is 662 g/mol. The zero-order valence-corrected chi connectivity index (χ0v) is 27.4. The molecule has 244 valence electrons. The summed E-state index contributed by atoms with van der Waals surface area (Å²) in [6.45, 7) is 8.62. The maximum absolute atomic E-state index is 12.0. The van der Waals surface area contributed by atoms with Crippen molar-refractivity contribution in [2.24, 2.45) is 0 Å². The number of amides is 1. The Morgan fingerprint density at radius 2 is 1.53 bits per heavy atom. The minimum atomic E-state index is -1.02. The number of ketones is 2. The predicted octanol–water partition coefficient (Wildman–Crippen LogP) is 5.44. The van der Waals surface area contributed by atoms with E-state index in [-0.39, 0.29) is 40.1 Å². The van der Waals surface area contributed by atoms with Crippen LogP contribution in [0.1, 0.15) is 45.6 Å². The highest BCUT2D eigenvalue weighted by molar-refractivity contribution is 8.77. The molecule has 0 bridgehead atoms. The third kappa shape index (κ3) is 14.7. The number of carbonyl (C=O) groups is 4. The van der Waals surface area contributed by atoms with Gasteiger partial charge < -0.3 is 24.8 Å². The lowest BCUT2D eigenvalue weighted by molar-refractivity contribution is -0.384. The van der Waals surface area contributed by atoms with Crippen molar-refractivity contribution < 1.29 is 38.3 Å². The molecule has 3 rings (SSSR count). The van der Waals surface area contributed by atoms with Crippen LogP contribution in [0.2, 0.25) is 0 Å². The van der Waals surface area contributed by atoms with Gasteiger partial charge in [0.15, 0.2) is 17.6 Å². The Morgan fingerprint density at radius 1 is 0.956 bits per heavy atom. The third-order valence-corrected chi connectivity index (χ3v) is 9.20. The monoisotopic (exact) mass is 661 g/mol. The van der Waals surface area contributed by atoms with Gasteiger partial charge >= 0.3 is 6.16 Å². The van der Waals surface area contributed by atoms with Crippen LogP contribution < -0.4 is 20.1 Å². The van der Waals surface area contributed by atoms with Gasteiger partial charge in [-0.15, -0.1) is 0 Å². The fourth-order valence-electron chi connectivity index (χ4n) is 3.68. The van der Waals surface area contributed by atoms with Crippen LogP contribution in [0, 0.1) is 10.1 Å². The zero-order chi connectivity index (χ0) is 33.2. The molecule has 45 heavy (non-hydrogen) atoms. The van der Waals surface area contributed by atoms with Crippen LogP contribution in [0.15, 0.2) is 60.7 Å². The number of carbonyl (C=O) groups excluding carboxylic acids is 4. The Hall–Kier alpha value is -3.72. The van der Waals surface area contributed by atoms with E-state index in [2.05, 4.69) is 17.6 Å². The van der Waals surface area contributed by atoms with E-state index in [1.165, 1.54) is 49.3 Å². The van der Waals surface area contributed by atoms with Crippen LogP contribution in [-0.4, -0.2) is 65.3 Å². The van der Waals surface area contributed by atoms with Crippen LogP contribution in [0.4, 0.5) is 10.5 Å². The number of benzene rings is 2. The maximum atomic E-state index is 12.0. The first-order valence-electron chi connectivity index (χ1n) is 14.2. The lowest BCUT2D eigenvalue weighted by atomic mass is 10.1. The first-order chi connectivity index (χ1) is 21.4. The molecule has 0 saturated heterocycles. The number of non-ortho nitro benzene ring substituents is 1. The van der Waals surface area contributed by atoms with Crippen LogP contribution in [0.5, 0.6) is 11.5 Å². The van der Waals surface area contributed by atoms with Gasteiger partial charge in [-0.2, -0.15) is 0 Å². The van der Waals surface area contributed by atoms with Crippen LogP contribution in [0.25, 0.3) is 0 Å². The minimum absolute atomic E-state index is 0.0885. The fraction of sp³-hybridized carbons (Fsp3) is 0.419. The summed E-state index contributed by atoms with van der Waals surface area (Å²) in [4.78, 5) is 56.6. The molecule has 0 radical (unpaired) electrons. The van der Waals surface area contributed by atoms with Gasteiger partial charge in [0.25, 0.3) is 5.69 Å². The van der Waals surface area contributed by atoms with Crippen molar-refractivity contribution in [3.8, 4) is 11.5 Å². The highest BCUT2D eigenvalue weighted by Gasteiger charge is 2.31. The van der Waals surface area contributed by atoms with E-state index in [1.54, 1.807) is 53.0 Å². The summed E-state index contributed by atoms with van der Waals surface area (Å²) in [5.41, 5.74) is 0.855. The molecular weight excluding hydrogens is 622 g/mol. The molecule has 1 aliphatic rings. The van der Waals surface area contributed by atoms with Crippen LogP contribution in [0.3, 0.4) is 0 Å². The molecule has 14 heteroatoms. The molecule has 0 fully saturated rings. The number of ether oxygens (including phenoxy) is 3. The van der Waals surface area contributed by atoms with E-state index in [1.807, 2.05) is 13.8 Å². The summed E-state index contributed by atoms with van der Waals surface area (Å²) in [6, 6.07) is 10.9. The van der Waals surface area contributed by atoms with Crippen molar-refractivity contribution in [1.29, 1.82) is 0 Å². The van der Waals surface area contributed by atoms with E-state index in [0.717, 1.165) is 24.4 Å². The number of nitro benzene ring substituents is 1. The van der Waals surface area contributed by atoms with Gasteiger partial charge in [-0.3, -0.25) is 24.5 Å². The highest BCUT2D eigenvalue weighted by Crippen LogP contribution is 2.37. The molecule has 0 saturated carbocycles. The molecule has 1 amide bonds. The Morgan fingerprint density at radius 3 is 2.07 bits per heavy atom. The van der Waals surface area contributed by atoms with Crippen molar-refractivity contribution in [2.45, 2.75) is 57.4 Å². The largest absolute Gasteiger partial charge is 0.519 e. The van der Waals surface area contributed by atoms with E-state index in [4.69, 9.17) is 14.2 Å². The first-order valence-corrected chi connectivity index (χ1v) is 16.5. The maximum Gasteiger partial charge on any atom is 0.519 e. The van der Waals surface area contributed by atoms with Gasteiger partial charge in [0, 0.05) is 42.7 Å². The van der Waals surface area contributed by atoms with Crippen LogP contribution in [-0.2, 0) is 25.7 Å². The Kier molecular flexibility index (Phi) is 16.3. The lowest BCUT2D eigenvalue weighted by Crippen LogP contribution is -2.44. The molecule has 0 aromatic heterocycles. The second kappa shape index (κ2) is 19.6. The summed E-state index contributed by atoms with van der Waals surface area (Å²) in [5, 5.41) is 16.4.